The molecule has 3 N–H and O–H groups in total. The van der Waals surface area contributed by atoms with Crippen LogP contribution in [0.3, 0.4) is 0 Å². The zero-order valence-corrected chi connectivity index (χ0v) is 11.5. The number of urea groups is 1. The average Bonchev–Trinajstić information content (AvgIpc) is 2.92. The lowest BCUT2D eigenvalue weighted by Gasteiger charge is -2.07. The Kier molecular flexibility index (Phi) is 3.82. The van der Waals surface area contributed by atoms with Gasteiger partial charge in [-0.3, -0.25) is 4.98 Å². The van der Waals surface area contributed by atoms with E-state index in [2.05, 4.69) is 26.7 Å². The lowest BCUT2D eigenvalue weighted by atomic mass is 10.1. The normalized spacial score (nSPS) is 10.5. The Hall–Kier alpha value is -2.82. The van der Waals surface area contributed by atoms with E-state index in [9.17, 15) is 4.79 Å². The first kappa shape index (κ1) is 13.2. The van der Waals surface area contributed by atoms with Crippen molar-refractivity contribution in [3.8, 4) is 0 Å². The van der Waals surface area contributed by atoms with E-state index in [1.54, 1.807) is 24.5 Å². The number of hydrogen-bond acceptors (Lipinski definition) is 2. The van der Waals surface area contributed by atoms with E-state index in [4.69, 9.17) is 0 Å². The Bertz CT molecular complexity index is 736. The second kappa shape index (κ2) is 6.09. The third kappa shape index (κ3) is 3.20. The van der Waals surface area contributed by atoms with Crippen molar-refractivity contribution in [3.05, 3.63) is 60.6 Å². The number of anilines is 1. The Labute approximate surface area is 122 Å². The van der Waals surface area contributed by atoms with Crippen molar-refractivity contribution < 1.29 is 4.79 Å². The molecule has 5 heteroatoms. The van der Waals surface area contributed by atoms with E-state index in [1.807, 2.05) is 24.4 Å². The molecule has 0 bridgehead atoms. The van der Waals surface area contributed by atoms with Gasteiger partial charge in [0.2, 0.25) is 0 Å². The van der Waals surface area contributed by atoms with Crippen LogP contribution in [0.25, 0.3) is 10.9 Å². The van der Waals surface area contributed by atoms with Crippen LogP contribution < -0.4 is 10.6 Å². The molecule has 5 nitrogen and oxygen atoms in total. The summed E-state index contributed by atoms with van der Waals surface area (Å²) in [5, 5.41) is 6.81. The number of amides is 2. The molecule has 0 spiro atoms. The Balaban J connectivity index is 1.53. The number of aromatic nitrogens is 2. The molecule has 0 aliphatic rings. The number of nitrogens with one attached hydrogen (secondary N) is 3. The summed E-state index contributed by atoms with van der Waals surface area (Å²) in [4.78, 5) is 18.9. The van der Waals surface area contributed by atoms with E-state index in [0.29, 0.717) is 6.54 Å². The van der Waals surface area contributed by atoms with Crippen LogP contribution in [0.1, 0.15) is 5.56 Å². The summed E-state index contributed by atoms with van der Waals surface area (Å²) < 4.78 is 0. The molecule has 0 unspecified atom stereocenters. The van der Waals surface area contributed by atoms with Crippen LogP contribution in [0.4, 0.5) is 10.5 Å². The fraction of sp³-hybridized carbons (Fsp3) is 0.125. The molecule has 0 saturated carbocycles. The van der Waals surface area contributed by atoms with E-state index < -0.39 is 0 Å². The maximum absolute atomic E-state index is 11.8. The molecule has 0 fully saturated rings. The number of H-pyrrole nitrogens is 1. The summed E-state index contributed by atoms with van der Waals surface area (Å²) in [6, 6.07) is 11.4. The lowest BCUT2D eigenvalue weighted by molar-refractivity contribution is 0.252. The third-order valence-corrected chi connectivity index (χ3v) is 3.29. The highest BCUT2D eigenvalue weighted by molar-refractivity contribution is 5.89. The molecular formula is C16H16N4O. The van der Waals surface area contributed by atoms with Crippen LogP contribution in [0.15, 0.2) is 55.0 Å². The van der Waals surface area contributed by atoms with Gasteiger partial charge in [0, 0.05) is 41.7 Å². The Morgan fingerprint density at radius 3 is 2.81 bits per heavy atom. The number of para-hydroxylation sites is 1. The predicted octanol–water partition coefficient (Wildman–Crippen LogP) is 2.93. The van der Waals surface area contributed by atoms with E-state index in [1.165, 1.54) is 10.9 Å². The molecular weight excluding hydrogens is 264 g/mol. The fourth-order valence-electron chi connectivity index (χ4n) is 2.26. The first-order chi connectivity index (χ1) is 10.3. The van der Waals surface area contributed by atoms with Crippen LogP contribution in [-0.2, 0) is 6.42 Å². The van der Waals surface area contributed by atoms with Crippen LogP contribution in [0.5, 0.6) is 0 Å². The molecule has 2 heterocycles. The Morgan fingerprint density at radius 1 is 1.14 bits per heavy atom. The van der Waals surface area contributed by atoms with Crippen molar-refractivity contribution in [3.63, 3.8) is 0 Å². The van der Waals surface area contributed by atoms with Crippen LogP contribution in [0, 0.1) is 0 Å². The van der Waals surface area contributed by atoms with Gasteiger partial charge in [0.25, 0.3) is 0 Å². The fourth-order valence-corrected chi connectivity index (χ4v) is 2.26. The van der Waals surface area contributed by atoms with Crippen molar-refractivity contribution >= 4 is 22.6 Å². The maximum Gasteiger partial charge on any atom is 0.319 e. The van der Waals surface area contributed by atoms with Crippen molar-refractivity contribution in [1.29, 1.82) is 0 Å². The molecule has 1 aromatic carbocycles. The molecule has 106 valence electrons. The molecule has 21 heavy (non-hydrogen) atoms. The van der Waals surface area contributed by atoms with E-state index in [-0.39, 0.29) is 6.03 Å². The van der Waals surface area contributed by atoms with E-state index in [0.717, 1.165) is 17.6 Å². The van der Waals surface area contributed by atoms with Crippen molar-refractivity contribution in [2.45, 2.75) is 6.42 Å². The topological polar surface area (TPSA) is 69.8 Å². The first-order valence-electron chi connectivity index (χ1n) is 6.83. The number of aromatic amines is 1. The summed E-state index contributed by atoms with van der Waals surface area (Å²) in [6.07, 6.45) is 6.06. The highest BCUT2D eigenvalue weighted by atomic mass is 16.2. The second-order valence-corrected chi connectivity index (χ2v) is 4.73. The quantitative estimate of drug-likeness (QED) is 0.687. The van der Waals surface area contributed by atoms with Crippen molar-refractivity contribution in [2.75, 3.05) is 11.9 Å². The Morgan fingerprint density at radius 2 is 1.95 bits per heavy atom. The predicted molar refractivity (Wildman–Crippen MR) is 83.3 cm³/mol. The van der Waals surface area contributed by atoms with Gasteiger partial charge in [-0.1, -0.05) is 18.2 Å². The number of pyridine rings is 1. The number of fused-ring (bicyclic) bond motifs is 1. The average molecular weight is 280 g/mol. The molecule has 3 aromatic rings. The third-order valence-electron chi connectivity index (χ3n) is 3.29. The highest BCUT2D eigenvalue weighted by Gasteiger charge is 2.04. The van der Waals surface area contributed by atoms with E-state index >= 15 is 0 Å². The van der Waals surface area contributed by atoms with Gasteiger partial charge in [0.15, 0.2) is 0 Å². The summed E-state index contributed by atoms with van der Waals surface area (Å²) >= 11 is 0. The number of nitrogens with zero attached hydrogens (tertiary/aromatic N) is 1. The van der Waals surface area contributed by atoms with Crippen LogP contribution in [-0.4, -0.2) is 22.5 Å². The molecule has 0 aliphatic heterocycles. The maximum atomic E-state index is 11.8. The molecule has 0 aliphatic carbocycles. The zero-order valence-electron chi connectivity index (χ0n) is 11.5. The summed E-state index contributed by atoms with van der Waals surface area (Å²) in [5.41, 5.74) is 3.05. The minimum absolute atomic E-state index is 0.207. The first-order valence-corrected chi connectivity index (χ1v) is 6.83. The number of rotatable bonds is 4. The van der Waals surface area contributed by atoms with Crippen LogP contribution >= 0.6 is 0 Å². The second-order valence-electron chi connectivity index (χ2n) is 4.73. The molecule has 2 aromatic heterocycles. The minimum atomic E-state index is -0.207. The van der Waals surface area contributed by atoms with Gasteiger partial charge in [-0.25, -0.2) is 4.79 Å². The van der Waals surface area contributed by atoms with Gasteiger partial charge in [-0.2, -0.15) is 0 Å². The van der Waals surface area contributed by atoms with Gasteiger partial charge in [-0.15, -0.1) is 0 Å². The number of carbonyl (C=O) groups is 1. The number of hydrogen-bond donors (Lipinski definition) is 3. The highest BCUT2D eigenvalue weighted by Crippen LogP contribution is 2.17. The largest absolute Gasteiger partial charge is 0.361 e. The molecule has 0 saturated heterocycles. The van der Waals surface area contributed by atoms with Gasteiger partial charge in [0.05, 0.1) is 0 Å². The van der Waals surface area contributed by atoms with Crippen molar-refractivity contribution in [2.24, 2.45) is 0 Å². The van der Waals surface area contributed by atoms with Crippen molar-refractivity contribution in [1.82, 2.24) is 15.3 Å². The minimum Gasteiger partial charge on any atom is -0.361 e. The molecule has 2 amide bonds. The zero-order chi connectivity index (χ0) is 14.5. The monoisotopic (exact) mass is 280 g/mol. The summed E-state index contributed by atoms with van der Waals surface area (Å²) in [7, 11) is 0. The number of benzene rings is 1. The van der Waals surface area contributed by atoms with Crippen LogP contribution in [0.2, 0.25) is 0 Å². The van der Waals surface area contributed by atoms with Gasteiger partial charge in [0.1, 0.15) is 0 Å². The molecule has 0 atom stereocenters. The summed E-state index contributed by atoms with van der Waals surface area (Å²) in [6.45, 7) is 0.582. The molecule has 3 rings (SSSR count). The standard InChI is InChI=1S/C16H16N4O/c21-16(20-13-6-8-17-9-7-13)18-10-5-12-11-19-15-4-2-1-3-14(12)15/h1-4,6-9,11,19H,5,10H2,(H2,17,18,20,21). The summed E-state index contributed by atoms with van der Waals surface area (Å²) in [5.74, 6) is 0. The lowest BCUT2D eigenvalue weighted by Crippen LogP contribution is -2.30. The van der Waals surface area contributed by atoms with Gasteiger partial charge < -0.3 is 15.6 Å². The van der Waals surface area contributed by atoms with Gasteiger partial charge in [-0.05, 0) is 30.2 Å². The molecule has 0 radical (unpaired) electrons. The smallest absolute Gasteiger partial charge is 0.319 e. The number of carbonyl (C=O) groups excluding carboxylic acids is 1. The SMILES string of the molecule is O=C(NCCc1c[nH]c2ccccc12)Nc1ccncc1. The van der Waals surface area contributed by atoms with Gasteiger partial charge >= 0.3 is 6.03 Å².